The molecule has 18 heavy (non-hydrogen) atoms. The highest BCUT2D eigenvalue weighted by Gasteiger charge is 2.06. The van der Waals surface area contributed by atoms with Crippen LogP contribution in [0.5, 0.6) is 5.75 Å². The molecule has 4 heteroatoms. The fourth-order valence-corrected chi connectivity index (χ4v) is 1.71. The van der Waals surface area contributed by atoms with Crippen molar-refractivity contribution in [2.75, 3.05) is 7.11 Å². The van der Waals surface area contributed by atoms with Crippen molar-refractivity contribution in [1.29, 1.82) is 0 Å². The van der Waals surface area contributed by atoms with Crippen LogP contribution in [0.4, 0.5) is 0 Å². The van der Waals surface area contributed by atoms with Gasteiger partial charge in [0.1, 0.15) is 11.5 Å². The van der Waals surface area contributed by atoms with Crippen molar-refractivity contribution in [2.45, 2.75) is 33.2 Å². The third-order valence-electron chi connectivity index (χ3n) is 2.62. The molecule has 0 fully saturated rings. The molecule has 0 saturated heterocycles. The number of nitrogens with one attached hydrogen (secondary N) is 1. The summed E-state index contributed by atoms with van der Waals surface area (Å²) in [5.74, 6) is 0.490. The van der Waals surface area contributed by atoms with Crippen LogP contribution in [0.25, 0.3) is 0 Å². The van der Waals surface area contributed by atoms with E-state index >= 15 is 0 Å². The number of hydrogen-bond donors (Lipinski definition) is 1. The molecule has 0 spiro atoms. The molecule has 4 nitrogen and oxygen atoms in total. The van der Waals surface area contributed by atoms with Gasteiger partial charge in [0.25, 0.3) is 0 Å². The van der Waals surface area contributed by atoms with Gasteiger partial charge in [0.2, 0.25) is 5.91 Å². The second kappa shape index (κ2) is 6.79. The largest absolute Gasteiger partial charge is 0.496 e. The first-order chi connectivity index (χ1) is 8.56. The van der Waals surface area contributed by atoms with Crippen molar-refractivity contribution >= 4 is 11.7 Å². The lowest BCUT2D eigenvalue weighted by Gasteiger charge is -2.10. The first kappa shape index (κ1) is 14.2. The van der Waals surface area contributed by atoms with Crippen molar-refractivity contribution < 1.29 is 14.3 Å². The lowest BCUT2D eigenvalue weighted by Crippen LogP contribution is -2.24. The molecule has 0 heterocycles. The van der Waals surface area contributed by atoms with E-state index in [1.165, 1.54) is 6.92 Å². The summed E-state index contributed by atoms with van der Waals surface area (Å²) >= 11 is 0. The normalized spacial score (nSPS) is 9.94. The maximum absolute atomic E-state index is 11.3. The number of amides is 1. The molecule has 0 atom stereocenters. The Balaban J connectivity index is 2.63. The number of rotatable bonds is 6. The van der Waals surface area contributed by atoms with Crippen LogP contribution < -0.4 is 10.1 Å². The van der Waals surface area contributed by atoms with Crippen LogP contribution in [0.2, 0.25) is 0 Å². The quantitative estimate of drug-likeness (QED) is 0.783. The van der Waals surface area contributed by atoms with Gasteiger partial charge in [0.15, 0.2) is 0 Å². The van der Waals surface area contributed by atoms with Gasteiger partial charge in [-0.2, -0.15) is 0 Å². The van der Waals surface area contributed by atoms with E-state index in [1.54, 1.807) is 7.11 Å². The number of Topliss-reactive ketones (excluding diaryl/α,β-unsaturated/α-hetero) is 1. The second-order valence-corrected chi connectivity index (χ2v) is 4.16. The van der Waals surface area contributed by atoms with Gasteiger partial charge in [-0.3, -0.25) is 9.59 Å². The lowest BCUT2D eigenvalue weighted by molar-refractivity contribution is -0.127. The van der Waals surface area contributed by atoms with Gasteiger partial charge in [-0.05, 0) is 30.5 Å². The van der Waals surface area contributed by atoms with Gasteiger partial charge in [-0.15, -0.1) is 0 Å². The number of aryl methyl sites for hydroxylation is 1. The van der Waals surface area contributed by atoms with Crippen LogP contribution in [0.3, 0.4) is 0 Å². The molecule has 1 aromatic rings. The zero-order valence-electron chi connectivity index (χ0n) is 11.1. The minimum absolute atomic E-state index is 0.0587. The molecule has 0 radical (unpaired) electrons. The van der Waals surface area contributed by atoms with E-state index < -0.39 is 0 Å². The van der Waals surface area contributed by atoms with Crippen molar-refractivity contribution in [3.63, 3.8) is 0 Å². The SMILES string of the molecule is CCc1cc(CNC(=O)CC(C)=O)ccc1OC. The minimum atomic E-state index is -0.239. The Morgan fingerprint density at radius 3 is 2.61 bits per heavy atom. The summed E-state index contributed by atoms with van der Waals surface area (Å²) < 4.78 is 5.24. The minimum Gasteiger partial charge on any atom is -0.496 e. The number of carbonyl (C=O) groups excluding carboxylic acids is 2. The van der Waals surface area contributed by atoms with Crippen molar-refractivity contribution in [3.05, 3.63) is 29.3 Å². The Labute approximate surface area is 107 Å². The van der Waals surface area contributed by atoms with Crippen LogP contribution in [0, 0.1) is 0 Å². The van der Waals surface area contributed by atoms with E-state index in [4.69, 9.17) is 4.74 Å². The van der Waals surface area contributed by atoms with E-state index in [0.717, 1.165) is 23.3 Å². The maximum Gasteiger partial charge on any atom is 0.227 e. The number of ketones is 1. The molecule has 0 unspecified atom stereocenters. The molecule has 0 saturated carbocycles. The summed E-state index contributed by atoms with van der Waals surface area (Å²) in [4.78, 5) is 22.1. The molecular formula is C14H19NO3. The van der Waals surface area contributed by atoms with Gasteiger partial charge >= 0.3 is 0 Å². The Morgan fingerprint density at radius 1 is 1.33 bits per heavy atom. The Bertz CT molecular complexity index is 441. The molecular weight excluding hydrogens is 230 g/mol. The third kappa shape index (κ3) is 4.20. The fourth-order valence-electron chi connectivity index (χ4n) is 1.71. The van der Waals surface area contributed by atoms with Crippen LogP contribution in [-0.2, 0) is 22.6 Å². The van der Waals surface area contributed by atoms with Crippen LogP contribution in [0.1, 0.15) is 31.4 Å². The average Bonchev–Trinajstić information content (AvgIpc) is 2.35. The van der Waals surface area contributed by atoms with Gasteiger partial charge in [-0.1, -0.05) is 19.1 Å². The number of benzene rings is 1. The van der Waals surface area contributed by atoms with E-state index in [2.05, 4.69) is 12.2 Å². The summed E-state index contributed by atoms with van der Waals surface area (Å²) in [6.45, 7) is 3.89. The first-order valence-corrected chi connectivity index (χ1v) is 5.98. The standard InChI is InChI=1S/C14H19NO3/c1-4-12-8-11(5-6-13(12)18-3)9-15-14(17)7-10(2)16/h5-6,8H,4,7,9H2,1-3H3,(H,15,17). The number of methoxy groups -OCH3 is 1. The summed E-state index contributed by atoms with van der Waals surface area (Å²) in [5.41, 5.74) is 2.11. The van der Waals surface area contributed by atoms with Crippen LogP contribution in [0.15, 0.2) is 18.2 Å². The van der Waals surface area contributed by atoms with Gasteiger partial charge in [-0.25, -0.2) is 0 Å². The molecule has 1 N–H and O–H groups in total. The monoisotopic (exact) mass is 249 g/mol. The van der Waals surface area contributed by atoms with Crippen molar-refractivity contribution in [1.82, 2.24) is 5.32 Å². The number of hydrogen-bond acceptors (Lipinski definition) is 3. The average molecular weight is 249 g/mol. The topological polar surface area (TPSA) is 55.4 Å². The number of carbonyl (C=O) groups is 2. The maximum atomic E-state index is 11.3. The predicted octanol–water partition coefficient (Wildman–Crippen LogP) is 1.85. The summed E-state index contributed by atoms with van der Waals surface area (Å²) in [5, 5.41) is 2.72. The summed E-state index contributed by atoms with van der Waals surface area (Å²) in [6, 6.07) is 5.81. The third-order valence-corrected chi connectivity index (χ3v) is 2.62. The Morgan fingerprint density at radius 2 is 2.06 bits per heavy atom. The molecule has 98 valence electrons. The molecule has 0 aliphatic rings. The first-order valence-electron chi connectivity index (χ1n) is 5.98. The molecule has 0 bridgehead atoms. The van der Waals surface area contributed by atoms with Crippen LogP contribution >= 0.6 is 0 Å². The van der Waals surface area contributed by atoms with Gasteiger partial charge < -0.3 is 10.1 Å². The van der Waals surface area contributed by atoms with E-state index in [1.807, 2.05) is 18.2 Å². The van der Waals surface area contributed by atoms with E-state index in [9.17, 15) is 9.59 Å². The second-order valence-electron chi connectivity index (χ2n) is 4.16. The molecule has 1 amide bonds. The Hall–Kier alpha value is -1.84. The predicted molar refractivity (Wildman–Crippen MR) is 69.5 cm³/mol. The molecule has 0 aromatic heterocycles. The van der Waals surface area contributed by atoms with Gasteiger partial charge in [0, 0.05) is 6.54 Å². The highest BCUT2D eigenvalue weighted by atomic mass is 16.5. The smallest absolute Gasteiger partial charge is 0.227 e. The van der Waals surface area contributed by atoms with Crippen LogP contribution in [-0.4, -0.2) is 18.8 Å². The molecule has 1 rings (SSSR count). The van der Waals surface area contributed by atoms with E-state index in [0.29, 0.717) is 6.54 Å². The lowest BCUT2D eigenvalue weighted by atomic mass is 10.1. The number of ether oxygens (including phenoxy) is 1. The zero-order chi connectivity index (χ0) is 13.5. The van der Waals surface area contributed by atoms with Crippen molar-refractivity contribution in [3.8, 4) is 5.75 Å². The van der Waals surface area contributed by atoms with Gasteiger partial charge in [0.05, 0.1) is 13.5 Å². The molecule has 0 aliphatic heterocycles. The van der Waals surface area contributed by atoms with E-state index in [-0.39, 0.29) is 18.1 Å². The highest BCUT2D eigenvalue weighted by molar-refractivity contribution is 5.96. The highest BCUT2D eigenvalue weighted by Crippen LogP contribution is 2.20. The summed E-state index contributed by atoms with van der Waals surface area (Å²) in [6.07, 6.45) is 0.815. The van der Waals surface area contributed by atoms with Crippen molar-refractivity contribution in [2.24, 2.45) is 0 Å². The fraction of sp³-hybridized carbons (Fsp3) is 0.429. The molecule has 1 aromatic carbocycles. The summed E-state index contributed by atoms with van der Waals surface area (Å²) in [7, 11) is 1.64. The molecule has 0 aliphatic carbocycles. The Kier molecular flexibility index (Phi) is 5.36. The zero-order valence-corrected chi connectivity index (χ0v) is 11.1.